The molecule has 2 fully saturated rings. The number of carbonyl (C=O) groups is 2. The predicted octanol–water partition coefficient (Wildman–Crippen LogP) is 5.36. The smallest absolute Gasteiger partial charge is 0.295 e. The first-order valence-corrected chi connectivity index (χ1v) is 15.4. The van der Waals surface area contributed by atoms with E-state index in [0.717, 1.165) is 43.8 Å². The van der Waals surface area contributed by atoms with Crippen LogP contribution in [0.2, 0.25) is 0 Å². The van der Waals surface area contributed by atoms with E-state index >= 15 is 0 Å². The number of likely N-dealkylation sites (tertiary alicyclic amines) is 1. The number of amides is 1. The molecule has 2 aromatic rings. The van der Waals surface area contributed by atoms with Gasteiger partial charge in [0.15, 0.2) is 11.5 Å². The van der Waals surface area contributed by atoms with E-state index < -0.39 is 17.7 Å². The molecule has 2 saturated heterocycles. The molecule has 0 radical (unpaired) electrons. The lowest BCUT2D eigenvalue weighted by Crippen LogP contribution is -2.39. The van der Waals surface area contributed by atoms with Crippen molar-refractivity contribution in [3.63, 3.8) is 0 Å². The third kappa shape index (κ3) is 7.89. The topological polar surface area (TPSA) is 97.8 Å². The minimum Gasteiger partial charge on any atom is -0.507 e. The van der Waals surface area contributed by atoms with Gasteiger partial charge in [-0.25, -0.2) is 0 Å². The van der Waals surface area contributed by atoms with Crippen LogP contribution in [0.3, 0.4) is 0 Å². The fraction of sp³-hybridized carbons (Fsp3) is 0.529. The molecule has 2 aromatic carbocycles. The number of aliphatic hydroxyl groups excluding tert-OH is 1. The first-order valence-electron chi connectivity index (χ1n) is 15.4. The number of aryl methyl sites for hydroxylation is 1. The molecule has 0 saturated carbocycles. The standard InChI is InChI=1S/C34H46N2O7/c1-6-17-42-27-10-9-26(21-24(27)4)32(37)30-31(25-8-11-28(29(22-25)40-5)43-18-12-23(2)3)36(34(39)33(30)38)14-7-13-35-15-19-41-20-16-35/h8-11,21-23,31,37H,6-7,12-20H2,1-5H3. The van der Waals surface area contributed by atoms with Crippen LogP contribution >= 0.6 is 0 Å². The molecule has 0 aromatic heterocycles. The third-order valence-corrected chi connectivity index (χ3v) is 7.88. The van der Waals surface area contributed by atoms with Crippen molar-refractivity contribution in [3.8, 4) is 17.2 Å². The zero-order valence-corrected chi connectivity index (χ0v) is 26.2. The Morgan fingerprint density at radius 1 is 1.00 bits per heavy atom. The van der Waals surface area contributed by atoms with Crippen LogP contribution in [0.15, 0.2) is 42.0 Å². The zero-order valence-electron chi connectivity index (χ0n) is 26.2. The lowest BCUT2D eigenvalue weighted by molar-refractivity contribution is -0.140. The minimum absolute atomic E-state index is 0.0635. The van der Waals surface area contributed by atoms with E-state index in [4.69, 9.17) is 18.9 Å². The number of nitrogens with zero attached hydrogens (tertiary/aromatic N) is 2. The zero-order chi connectivity index (χ0) is 30.9. The number of hydrogen-bond acceptors (Lipinski definition) is 8. The number of aliphatic hydroxyl groups is 1. The maximum absolute atomic E-state index is 13.6. The van der Waals surface area contributed by atoms with Crippen molar-refractivity contribution in [1.82, 2.24) is 9.80 Å². The normalized spacial score (nSPS) is 18.8. The fourth-order valence-corrected chi connectivity index (χ4v) is 5.45. The van der Waals surface area contributed by atoms with Crippen molar-refractivity contribution in [3.05, 3.63) is 58.7 Å². The SMILES string of the molecule is CCCOc1ccc(C(O)=C2C(=O)C(=O)N(CCCN3CCOCC3)C2c2ccc(OCCC(C)C)c(OC)c2)cc1C. The van der Waals surface area contributed by atoms with Gasteiger partial charge in [-0.1, -0.05) is 26.8 Å². The molecule has 1 amide bonds. The lowest BCUT2D eigenvalue weighted by Gasteiger charge is -2.29. The third-order valence-electron chi connectivity index (χ3n) is 7.88. The highest BCUT2D eigenvalue weighted by atomic mass is 16.5. The van der Waals surface area contributed by atoms with Gasteiger partial charge in [-0.15, -0.1) is 0 Å². The summed E-state index contributed by atoms with van der Waals surface area (Å²) in [6.45, 7) is 13.6. The average Bonchev–Trinajstić information content (AvgIpc) is 3.25. The van der Waals surface area contributed by atoms with Crippen LogP contribution in [0.25, 0.3) is 5.76 Å². The van der Waals surface area contributed by atoms with Crippen LogP contribution in [-0.2, 0) is 14.3 Å². The van der Waals surface area contributed by atoms with E-state index in [1.54, 1.807) is 36.3 Å². The summed E-state index contributed by atoms with van der Waals surface area (Å²) in [5.41, 5.74) is 2.02. The van der Waals surface area contributed by atoms with Crippen molar-refractivity contribution in [1.29, 1.82) is 0 Å². The highest BCUT2D eigenvalue weighted by Gasteiger charge is 2.46. The minimum atomic E-state index is -0.778. The van der Waals surface area contributed by atoms with Crippen LogP contribution in [0.1, 0.15) is 62.8 Å². The Morgan fingerprint density at radius 3 is 2.40 bits per heavy atom. The maximum Gasteiger partial charge on any atom is 0.295 e. The van der Waals surface area contributed by atoms with Crippen molar-refractivity contribution >= 4 is 17.4 Å². The number of rotatable bonds is 14. The number of Topliss-reactive ketones (excluding diaryl/α,β-unsaturated/α-hetero) is 1. The molecule has 1 N–H and O–H groups in total. The summed E-state index contributed by atoms with van der Waals surface area (Å²) >= 11 is 0. The second-order valence-corrected chi connectivity index (χ2v) is 11.6. The van der Waals surface area contributed by atoms with Gasteiger partial charge < -0.3 is 29.0 Å². The number of hydrogen-bond donors (Lipinski definition) is 1. The highest BCUT2D eigenvalue weighted by Crippen LogP contribution is 2.42. The van der Waals surface area contributed by atoms with E-state index in [2.05, 4.69) is 18.7 Å². The summed E-state index contributed by atoms with van der Waals surface area (Å²) in [6.07, 6.45) is 2.46. The molecule has 0 bridgehead atoms. The monoisotopic (exact) mass is 594 g/mol. The van der Waals surface area contributed by atoms with Gasteiger partial charge in [-0.2, -0.15) is 0 Å². The Morgan fingerprint density at radius 2 is 1.72 bits per heavy atom. The fourth-order valence-electron chi connectivity index (χ4n) is 5.45. The molecule has 4 rings (SSSR count). The van der Waals surface area contributed by atoms with Crippen LogP contribution in [0, 0.1) is 12.8 Å². The summed E-state index contributed by atoms with van der Waals surface area (Å²) < 4.78 is 22.9. The molecule has 43 heavy (non-hydrogen) atoms. The lowest BCUT2D eigenvalue weighted by atomic mass is 9.94. The molecular weight excluding hydrogens is 548 g/mol. The number of ether oxygens (including phenoxy) is 4. The number of carbonyl (C=O) groups excluding carboxylic acids is 2. The van der Waals surface area contributed by atoms with Crippen molar-refractivity contribution in [2.75, 3.05) is 59.7 Å². The van der Waals surface area contributed by atoms with E-state index in [1.165, 1.54) is 0 Å². The molecule has 0 spiro atoms. The van der Waals surface area contributed by atoms with Crippen molar-refractivity contribution < 1.29 is 33.6 Å². The molecular formula is C34H46N2O7. The summed E-state index contributed by atoms with van der Waals surface area (Å²) in [5.74, 6) is 0.788. The maximum atomic E-state index is 13.6. The Bertz CT molecular complexity index is 1300. The molecule has 1 atom stereocenters. The molecule has 9 heteroatoms. The van der Waals surface area contributed by atoms with Crippen LogP contribution in [0.4, 0.5) is 0 Å². The highest BCUT2D eigenvalue weighted by molar-refractivity contribution is 6.46. The van der Waals surface area contributed by atoms with Crippen LogP contribution in [-0.4, -0.2) is 86.3 Å². The number of ketones is 1. The Kier molecular flexibility index (Phi) is 11.5. The van der Waals surface area contributed by atoms with Gasteiger partial charge in [-0.05, 0) is 73.6 Å². The summed E-state index contributed by atoms with van der Waals surface area (Å²) in [4.78, 5) is 31.0. The Labute approximate surface area is 255 Å². The molecule has 234 valence electrons. The van der Waals surface area contributed by atoms with Gasteiger partial charge in [0, 0.05) is 31.7 Å². The van der Waals surface area contributed by atoms with E-state index in [-0.39, 0.29) is 11.3 Å². The van der Waals surface area contributed by atoms with E-state index in [9.17, 15) is 14.7 Å². The first-order chi connectivity index (χ1) is 20.7. The van der Waals surface area contributed by atoms with Crippen LogP contribution in [0.5, 0.6) is 17.2 Å². The molecule has 0 aliphatic carbocycles. The Balaban J connectivity index is 1.70. The molecule has 2 aliphatic rings. The second kappa shape index (κ2) is 15.3. The summed E-state index contributed by atoms with van der Waals surface area (Å²) in [7, 11) is 1.57. The van der Waals surface area contributed by atoms with Gasteiger partial charge in [-0.3, -0.25) is 14.5 Å². The van der Waals surface area contributed by atoms with Gasteiger partial charge in [0.05, 0.1) is 45.2 Å². The summed E-state index contributed by atoms with van der Waals surface area (Å²) in [6, 6.07) is 9.99. The number of morpholine rings is 1. The van der Waals surface area contributed by atoms with Crippen molar-refractivity contribution in [2.45, 2.75) is 53.0 Å². The van der Waals surface area contributed by atoms with E-state index in [0.29, 0.717) is 67.9 Å². The number of methoxy groups -OCH3 is 1. The second-order valence-electron chi connectivity index (χ2n) is 11.6. The van der Waals surface area contributed by atoms with Gasteiger partial charge in [0.1, 0.15) is 11.5 Å². The van der Waals surface area contributed by atoms with Gasteiger partial charge >= 0.3 is 0 Å². The van der Waals surface area contributed by atoms with Crippen LogP contribution < -0.4 is 14.2 Å². The largest absolute Gasteiger partial charge is 0.507 e. The molecule has 2 aliphatic heterocycles. The average molecular weight is 595 g/mol. The number of benzene rings is 2. The molecule has 1 unspecified atom stereocenters. The summed E-state index contributed by atoms with van der Waals surface area (Å²) in [5, 5.41) is 11.6. The first kappa shape index (κ1) is 32.4. The molecule has 2 heterocycles. The Hall–Kier alpha value is -3.56. The van der Waals surface area contributed by atoms with Crippen molar-refractivity contribution in [2.24, 2.45) is 5.92 Å². The quantitative estimate of drug-likeness (QED) is 0.177. The van der Waals surface area contributed by atoms with Gasteiger partial charge in [0.2, 0.25) is 0 Å². The predicted molar refractivity (Wildman–Crippen MR) is 166 cm³/mol. The van der Waals surface area contributed by atoms with E-state index in [1.807, 2.05) is 26.0 Å². The molecule has 9 nitrogen and oxygen atoms in total. The van der Waals surface area contributed by atoms with Gasteiger partial charge in [0.25, 0.3) is 11.7 Å².